The lowest BCUT2D eigenvalue weighted by Crippen LogP contribution is -2.25. The fourth-order valence-electron chi connectivity index (χ4n) is 2.45. The number of carboxylic acids is 1. The molecule has 2 N–H and O–H groups in total. The average molecular weight is 319 g/mol. The van der Waals surface area contributed by atoms with Gasteiger partial charge in [-0.1, -0.05) is 18.0 Å². The van der Waals surface area contributed by atoms with Crippen molar-refractivity contribution in [2.24, 2.45) is 0 Å². The number of carbonyl (C=O) groups excluding carboxylic acids is 1. The van der Waals surface area contributed by atoms with E-state index in [1.165, 1.54) is 0 Å². The van der Waals surface area contributed by atoms with Crippen molar-refractivity contribution in [3.05, 3.63) is 23.0 Å². The van der Waals surface area contributed by atoms with E-state index in [9.17, 15) is 9.59 Å². The van der Waals surface area contributed by atoms with E-state index in [2.05, 4.69) is 15.5 Å². The molecule has 2 aromatic heterocycles. The van der Waals surface area contributed by atoms with Gasteiger partial charge in [0.25, 0.3) is 11.6 Å². The zero-order valence-corrected chi connectivity index (χ0v) is 13.4. The second kappa shape index (κ2) is 7.71. The van der Waals surface area contributed by atoms with Gasteiger partial charge in [-0.2, -0.15) is 0 Å². The molecule has 0 atom stereocenters. The van der Waals surface area contributed by atoms with Gasteiger partial charge in [-0.3, -0.25) is 9.59 Å². The monoisotopic (exact) mass is 319 g/mol. The molecule has 0 radical (unpaired) electrons. The van der Waals surface area contributed by atoms with Gasteiger partial charge in [0.1, 0.15) is 0 Å². The van der Waals surface area contributed by atoms with Crippen molar-refractivity contribution in [2.45, 2.75) is 46.0 Å². The Morgan fingerprint density at radius 2 is 1.96 bits per heavy atom. The smallest absolute Gasteiger partial charge is 0.303 e. The van der Waals surface area contributed by atoms with Crippen molar-refractivity contribution in [3.63, 3.8) is 0 Å². The Morgan fingerprint density at radius 3 is 2.70 bits per heavy atom. The van der Waals surface area contributed by atoms with Crippen LogP contribution in [0, 0.1) is 13.8 Å². The Bertz CT molecular complexity index is 709. The summed E-state index contributed by atoms with van der Waals surface area (Å²) in [4.78, 5) is 27.0. The summed E-state index contributed by atoms with van der Waals surface area (Å²) < 4.78 is 5.12. The van der Waals surface area contributed by atoms with Crippen LogP contribution in [-0.2, 0) is 4.79 Å². The summed E-state index contributed by atoms with van der Waals surface area (Å²) in [5.74, 6) is -0.934. The van der Waals surface area contributed by atoms with E-state index in [0.717, 1.165) is 19.3 Å². The first-order valence-corrected chi connectivity index (χ1v) is 7.72. The maximum absolute atomic E-state index is 12.4. The van der Waals surface area contributed by atoms with Crippen LogP contribution in [-0.4, -0.2) is 33.7 Å². The highest BCUT2D eigenvalue weighted by Gasteiger charge is 2.17. The largest absolute Gasteiger partial charge is 0.481 e. The lowest BCUT2D eigenvalue weighted by molar-refractivity contribution is -0.137. The number of hydrogen-bond acceptors (Lipinski definition) is 5. The van der Waals surface area contributed by atoms with E-state index < -0.39 is 5.97 Å². The number of carboxylic acid groups (broad SMARTS) is 1. The number of amides is 1. The van der Waals surface area contributed by atoms with Crippen LogP contribution in [0.15, 0.2) is 10.6 Å². The molecule has 0 aliphatic heterocycles. The molecule has 0 saturated carbocycles. The third kappa shape index (κ3) is 4.51. The van der Waals surface area contributed by atoms with Crippen molar-refractivity contribution in [1.29, 1.82) is 0 Å². The number of rotatable bonds is 8. The van der Waals surface area contributed by atoms with Crippen molar-refractivity contribution in [3.8, 4) is 0 Å². The third-order valence-corrected chi connectivity index (χ3v) is 3.59. The Balaban J connectivity index is 1.87. The van der Waals surface area contributed by atoms with Gasteiger partial charge in [-0.15, -0.1) is 0 Å². The molecule has 23 heavy (non-hydrogen) atoms. The summed E-state index contributed by atoms with van der Waals surface area (Å²) in [6.45, 7) is 4.14. The summed E-state index contributed by atoms with van der Waals surface area (Å²) in [6, 6.07) is 1.73. The van der Waals surface area contributed by atoms with Crippen LogP contribution in [0.3, 0.4) is 0 Å². The van der Waals surface area contributed by atoms with Gasteiger partial charge in [0.15, 0.2) is 0 Å². The van der Waals surface area contributed by atoms with Crippen molar-refractivity contribution in [1.82, 2.24) is 15.5 Å². The fourth-order valence-corrected chi connectivity index (χ4v) is 2.45. The average Bonchev–Trinajstić information content (AvgIpc) is 2.86. The first-order valence-electron chi connectivity index (χ1n) is 7.72. The van der Waals surface area contributed by atoms with Crippen LogP contribution in [0.1, 0.15) is 53.8 Å². The van der Waals surface area contributed by atoms with Gasteiger partial charge >= 0.3 is 5.97 Å². The number of aromatic nitrogens is 2. The molecule has 0 spiro atoms. The third-order valence-electron chi connectivity index (χ3n) is 3.59. The zero-order valence-electron chi connectivity index (χ0n) is 13.4. The number of hydrogen-bond donors (Lipinski definition) is 2. The van der Waals surface area contributed by atoms with Gasteiger partial charge in [0, 0.05) is 18.7 Å². The maximum Gasteiger partial charge on any atom is 0.303 e. The van der Waals surface area contributed by atoms with Crippen LogP contribution < -0.4 is 5.32 Å². The minimum atomic E-state index is -0.764. The minimum absolute atomic E-state index is 0.169. The number of nitrogens with zero attached hydrogens (tertiary/aromatic N) is 2. The molecule has 0 fully saturated rings. The quantitative estimate of drug-likeness (QED) is 0.725. The predicted molar refractivity (Wildman–Crippen MR) is 84.3 cm³/mol. The van der Waals surface area contributed by atoms with E-state index in [0.29, 0.717) is 41.0 Å². The number of aliphatic carboxylic acids is 1. The normalized spacial score (nSPS) is 10.9. The van der Waals surface area contributed by atoms with E-state index >= 15 is 0 Å². The van der Waals surface area contributed by atoms with Crippen LogP contribution in [0.25, 0.3) is 11.1 Å². The Labute approximate surface area is 134 Å². The van der Waals surface area contributed by atoms with Crippen LogP contribution >= 0.6 is 0 Å². The SMILES string of the molecule is Cc1cc(C(=O)NCCCCCCC(=O)O)c2c(C)noc2n1. The van der Waals surface area contributed by atoms with Gasteiger partial charge in [-0.05, 0) is 32.8 Å². The molecule has 7 nitrogen and oxygen atoms in total. The molecule has 2 heterocycles. The lowest BCUT2D eigenvalue weighted by Gasteiger charge is -2.07. The molecule has 7 heteroatoms. The van der Waals surface area contributed by atoms with Gasteiger partial charge in [0.2, 0.25) is 0 Å². The van der Waals surface area contributed by atoms with Crippen molar-refractivity contribution >= 4 is 23.0 Å². The molecule has 0 unspecified atom stereocenters. The van der Waals surface area contributed by atoms with E-state index in [-0.39, 0.29) is 12.3 Å². The molecule has 0 bridgehead atoms. The highest BCUT2D eigenvalue weighted by Crippen LogP contribution is 2.21. The minimum Gasteiger partial charge on any atom is -0.481 e. The fraction of sp³-hybridized carbons (Fsp3) is 0.500. The molecule has 0 aliphatic rings. The maximum atomic E-state index is 12.4. The second-order valence-corrected chi connectivity index (χ2v) is 5.57. The molecule has 0 aromatic carbocycles. The standard InChI is InChI=1S/C16H21N3O4/c1-10-9-12(14-11(2)19-23-16(14)18-10)15(22)17-8-6-4-3-5-7-13(20)21/h9H,3-8H2,1-2H3,(H,17,22)(H,20,21). The van der Waals surface area contributed by atoms with Gasteiger partial charge in [0.05, 0.1) is 16.6 Å². The molecule has 124 valence electrons. The molecular weight excluding hydrogens is 298 g/mol. The molecule has 2 rings (SSSR count). The van der Waals surface area contributed by atoms with Crippen LogP contribution in [0.5, 0.6) is 0 Å². The highest BCUT2D eigenvalue weighted by molar-refractivity contribution is 6.05. The molecule has 1 amide bonds. The van der Waals surface area contributed by atoms with E-state index in [1.54, 1.807) is 19.9 Å². The highest BCUT2D eigenvalue weighted by atomic mass is 16.5. The Kier molecular flexibility index (Phi) is 5.67. The van der Waals surface area contributed by atoms with Crippen LogP contribution in [0.4, 0.5) is 0 Å². The molecular formula is C16H21N3O4. The zero-order chi connectivity index (χ0) is 16.8. The van der Waals surface area contributed by atoms with Crippen molar-refractivity contribution in [2.75, 3.05) is 6.54 Å². The predicted octanol–water partition coefficient (Wildman–Crippen LogP) is 2.60. The number of nitrogens with one attached hydrogen (secondary N) is 1. The summed E-state index contributed by atoms with van der Waals surface area (Å²) >= 11 is 0. The summed E-state index contributed by atoms with van der Waals surface area (Å²) in [5.41, 5.74) is 2.25. The summed E-state index contributed by atoms with van der Waals surface area (Å²) in [6.07, 6.45) is 3.44. The molecule has 0 saturated heterocycles. The summed E-state index contributed by atoms with van der Waals surface area (Å²) in [7, 11) is 0. The van der Waals surface area contributed by atoms with E-state index in [4.69, 9.17) is 9.63 Å². The number of carbonyl (C=O) groups is 2. The second-order valence-electron chi connectivity index (χ2n) is 5.57. The van der Waals surface area contributed by atoms with Gasteiger partial charge < -0.3 is 14.9 Å². The lowest BCUT2D eigenvalue weighted by atomic mass is 10.1. The topological polar surface area (TPSA) is 105 Å². The van der Waals surface area contributed by atoms with Gasteiger partial charge in [-0.25, -0.2) is 4.98 Å². The first kappa shape index (κ1) is 16.9. The number of aryl methyl sites for hydroxylation is 2. The number of unbranched alkanes of at least 4 members (excludes halogenated alkanes) is 3. The Morgan fingerprint density at radius 1 is 1.22 bits per heavy atom. The summed E-state index contributed by atoms with van der Waals surface area (Å²) in [5, 5.41) is 15.9. The van der Waals surface area contributed by atoms with Crippen LogP contribution in [0.2, 0.25) is 0 Å². The molecule has 2 aromatic rings. The molecule has 0 aliphatic carbocycles. The number of fused-ring (bicyclic) bond motifs is 1. The van der Waals surface area contributed by atoms with E-state index in [1.807, 2.05) is 0 Å². The Hall–Kier alpha value is -2.44. The number of pyridine rings is 1. The first-order chi connectivity index (χ1) is 11.0. The van der Waals surface area contributed by atoms with Crippen molar-refractivity contribution < 1.29 is 19.2 Å².